The van der Waals surface area contributed by atoms with E-state index < -0.39 is 0 Å². The molecule has 1 N–H and O–H groups in total. The molecule has 0 bridgehead atoms. The van der Waals surface area contributed by atoms with Gasteiger partial charge in [-0.15, -0.1) is 0 Å². The molecule has 0 fully saturated rings. The Labute approximate surface area is 144 Å². The third kappa shape index (κ3) is 3.21. The van der Waals surface area contributed by atoms with E-state index in [9.17, 15) is 4.79 Å². The van der Waals surface area contributed by atoms with E-state index in [4.69, 9.17) is 20.9 Å². The Kier molecular flexibility index (Phi) is 4.44. The summed E-state index contributed by atoms with van der Waals surface area (Å²) in [4.78, 5) is 12.3. The molecule has 0 radical (unpaired) electrons. The molecule has 1 heterocycles. The molecule has 0 saturated carbocycles. The molecule has 1 amide bonds. The van der Waals surface area contributed by atoms with E-state index in [0.29, 0.717) is 22.2 Å². The fourth-order valence-electron chi connectivity index (χ4n) is 2.67. The molecule has 0 atom stereocenters. The number of methoxy groups -OCH3 is 1. The number of carbonyl (C=O) groups is 1. The maximum absolute atomic E-state index is 12.3. The van der Waals surface area contributed by atoms with E-state index in [-0.39, 0.29) is 12.3 Å². The number of anilines is 1. The van der Waals surface area contributed by atoms with E-state index in [2.05, 4.69) is 10.5 Å². The highest BCUT2D eigenvalue weighted by Crippen LogP contribution is 2.28. The molecule has 0 aliphatic rings. The molecule has 0 saturated heterocycles. The molecule has 0 aliphatic carbocycles. The zero-order valence-corrected chi connectivity index (χ0v) is 14.4. The average Bonchev–Trinajstić information content (AvgIpc) is 2.90. The molecule has 1 aromatic heterocycles. The quantitative estimate of drug-likeness (QED) is 0.766. The summed E-state index contributed by atoms with van der Waals surface area (Å²) in [5, 5.41) is 8.16. The first-order valence-electron chi connectivity index (χ1n) is 7.47. The maximum atomic E-state index is 12.3. The molecule has 24 heavy (non-hydrogen) atoms. The summed E-state index contributed by atoms with van der Waals surface area (Å²) >= 11 is 6.07. The van der Waals surface area contributed by atoms with Crippen molar-refractivity contribution in [2.45, 2.75) is 20.3 Å². The van der Waals surface area contributed by atoms with Gasteiger partial charge in [-0.25, -0.2) is 0 Å². The topological polar surface area (TPSA) is 64.4 Å². The zero-order chi connectivity index (χ0) is 17.3. The largest absolute Gasteiger partial charge is 0.495 e. The molecule has 6 heteroatoms. The number of nitrogens with one attached hydrogen (secondary N) is 1. The van der Waals surface area contributed by atoms with Crippen LogP contribution < -0.4 is 10.1 Å². The van der Waals surface area contributed by atoms with E-state index in [1.807, 2.05) is 26.0 Å². The second-order valence-corrected chi connectivity index (χ2v) is 6.07. The van der Waals surface area contributed by atoms with Gasteiger partial charge in [-0.05, 0) is 49.2 Å². The highest BCUT2D eigenvalue weighted by Gasteiger charge is 2.15. The number of aryl methyl sites for hydroxylation is 2. The molecule has 5 nitrogen and oxygen atoms in total. The van der Waals surface area contributed by atoms with Crippen molar-refractivity contribution in [3.63, 3.8) is 0 Å². The third-order valence-corrected chi connectivity index (χ3v) is 4.04. The summed E-state index contributed by atoms with van der Waals surface area (Å²) in [6.45, 7) is 3.96. The van der Waals surface area contributed by atoms with Crippen LogP contribution in [-0.2, 0) is 11.2 Å². The van der Waals surface area contributed by atoms with Gasteiger partial charge in [0, 0.05) is 11.1 Å². The number of amides is 1. The molecule has 0 spiro atoms. The number of halogens is 1. The van der Waals surface area contributed by atoms with Gasteiger partial charge in [-0.2, -0.15) is 0 Å². The number of hydrogen-bond donors (Lipinski definition) is 1. The number of carbonyl (C=O) groups excluding carboxylic acids is 1. The van der Waals surface area contributed by atoms with Gasteiger partial charge in [0.15, 0.2) is 5.58 Å². The summed E-state index contributed by atoms with van der Waals surface area (Å²) in [5.74, 6) is 0.369. The Balaban J connectivity index is 1.79. The summed E-state index contributed by atoms with van der Waals surface area (Å²) in [5.41, 5.74) is 4.05. The zero-order valence-electron chi connectivity index (χ0n) is 13.6. The first kappa shape index (κ1) is 16.3. The van der Waals surface area contributed by atoms with Crippen molar-refractivity contribution in [3.8, 4) is 5.75 Å². The van der Waals surface area contributed by atoms with Crippen LogP contribution in [0.1, 0.15) is 16.8 Å². The molecule has 124 valence electrons. The van der Waals surface area contributed by atoms with Gasteiger partial charge >= 0.3 is 0 Å². The molecule has 3 rings (SSSR count). The van der Waals surface area contributed by atoms with Gasteiger partial charge in [0.2, 0.25) is 5.91 Å². The Morgan fingerprint density at radius 1 is 1.29 bits per heavy atom. The Bertz CT molecular complexity index is 918. The lowest BCUT2D eigenvalue weighted by Crippen LogP contribution is -2.14. The second-order valence-electron chi connectivity index (χ2n) is 5.66. The first-order chi connectivity index (χ1) is 11.5. The highest BCUT2D eigenvalue weighted by molar-refractivity contribution is 6.32. The fraction of sp³-hybridized carbons (Fsp3) is 0.222. The van der Waals surface area contributed by atoms with E-state index in [1.54, 1.807) is 25.3 Å². The van der Waals surface area contributed by atoms with Crippen molar-refractivity contribution in [1.82, 2.24) is 5.16 Å². The van der Waals surface area contributed by atoms with Crippen molar-refractivity contribution in [3.05, 3.63) is 52.2 Å². The van der Waals surface area contributed by atoms with Crippen LogP contribution in [0.2, 0.25) is 5.02 Å². The lowest BCUT2D eigenvalue weighted by Gasteiger charge is -2.07. The van der Waals surface area contributed by atoms with Crippen LogP contribution in [0.5, 0.6) is 5.75 Å². The van der Waals surface area contributed by atoms with Crippen molar-refractivity contribution >= 4 is 34.2 Å². The van der Waals surface area contributed by atoms with Gasteiger partial charge < -0.3 is 14.6 Å². The molecule has 2 aromatic carbocycles. The van der Waals surface area contributed by atoms with Crippen molar-refractivity contribution in [1.29, 1.82) is 0 Å². The number of ether oxygens (including phenoxy) is 1. The average molecular weight is 345 g/mol. The number of benzene rings is 2. The second kappa shape index (κ2) is 6.53. The molecular formula is C18H17ClN2O3. The summed E-state index contributed by atoms with van der Waals surface area (Å²) in [6.07, 6.45) is 0.125. The van der Waals surface area contributed by atoms with Gasteiger partial charge in [-0.3, -0.25) is 4.79 Å². The smallest absolute Gasteiger partial charge is 0.230 e. The normalized spacial score (nSPS) is 10.8. The van der Waals surface area contributed by atoms with Crippen LogP contribution in [-0.4, -0.2) is 18.2 Å². The lowest BCUT2D eigenvalue weighted by atomic mass is 10.1. The monoisotopic (exact) mass is 344 g/mol. The van der Waals surface area contributed by atoms with Crippen LogP contribution in [0.25, 0.3) is 11.0 Å². The van der Waals surface area contributed by atoms with Gasteiger partial charge in [-0.1, -0.05) is 22.8 Å². The number of rotatable bonds is 4. The van der Waals surface area contributed by atoms with Crippen LogP contribution in [0, 0.1) is 13.8 Å². The van der Waals surface area contributed by atoms with Gasteiger partial charge in [0.1, 0.15) is 11.4 Å². The minimum Gasteiger partial charge on any atom is -0.495 e. The van der Waals surface area contributed by atoms with E-state index in [1.165, 1.54) is 0 Å². The minimum atomic E-state index is -0.189. The highest BCUT2D eigenvalue weighted by atomic mass is 35.5. The minimum absolute atomic E-state index is 0.125. The van der Waals surface area contributed by atoms with E-state index in [0.717, 1.165) is 22.1 Å². The van der Waals surface area contributed by atoms with Crippen molar-refractivity contribution in [2.24, 2.45) is 0 Å². The standard InChI is InChI=1S/C18H17ClN2O3/c1-10-6-11(2)18-13(7-10)15(21-24-18)9-17(22)20-12-4-5-16(23-3)14(19)8-12/h4-8H,9H2,1-3H3,(H,20,22). The lowest BCUT2D eigenvalue weighted by molar-refractivity contribution is -0.115. The Morgan fingerprint density at radius 3 is 2.79 bits per heavy atom. The third-order valence-electron chi connectivity index (χ3n) is 3.74. The van der Waals surface area contributed by atoms with Crippen LogP contribution in [0.3, 0.4) is 0 Å². The van der Waals surface area contributed by atoms with Gasteiger partial charge in [0.05, 0.1) is 18.6 Å². The predicted molar refractivity (Wildman–Crippen MR) is 93.8 cm³/mol. The van der Waals surface area contributed by atoms with Crippen molar-refractivity contribution in [2.75, 3.05) is 12.4 Å². The molecule has 0 unspecified atom stereocenters. The Hall–Kier alpha value is -2.53. The summed E-state index contributed by atoms with van der Waals surface area (Å²) < 4.78 is 10.5. The van der Waals surface area contributed by atoms with Crippen LogP contribution in [0.4, 0.5) is 5.69 Å². The first-order valence-corrected chi connectivity index (χ1v) is 7.84. The van der Waals surface area contributed by atoms with E-state index >= 15 is 0 Å². The van der Waals surface area contributed by atoms with Gasteiger partial charge in [0.25, 0.3) is 0 Å². The number of nitrogens with zero attached hydrogens (tertiary/aromatic N) is 1. The van der Waals surface area contributed by atoms with Crippen molar-refractivity contribution < 1.29 is 14.1 Å². The van der Waals surface area contributed by atoms with Crippen LogP contribution in [0.15, 0.2) is 34.9 Å². The summed E-state index contributed by atoms with van der Waals surface area (Å²) in [7, 11) is 1.54. The molecular weight excluding hydrogens is 328 g/mol. The SMILES string of the molecule is COc1ccc(NC(=O)Cc2noc3c(C)cc(C)cc23)cc1Cl. The predicted octanol–water partition coefficient (Wildman–Crippen LogP) is 4.29. The molecule has 0 aliphatic heterocycles. The molecule has 3 aromatic rings. The van der Waals surface area contributed by atoms with Crippen LogP contribution >= 0.6 is 11.6 Å². The maximum Gasteiger partial charge on any atom is 0.230 e. The number of aromatic nitrogens is 1. The number of fused-ring (bicyclic) bond motifs is 1. The fourth-order valence-corrected chi connectivity index (χ4v) is 2.93. The summed E-state index contributed by atoms with van der Waals surface area (Å²) in [6, 6.07) is 9.09. The Morgan fingerprint density at radius 2 is 2.08 bits per heavy atom. The number of hydrogen-bond acceptors (Lipinski definition) is 4.